The predicted octanol–water partition coefficient (Wildman–Crippen LogP) is 3.73. The number of amides is 1. The Hall–Kier alpha value is -2.68. The van der Waals surface area contributed by atoms with Gasteiger partial charge in [-0.15, -0.1) is 0 Å². The number of rotatable bonds is 4. The quantitative estimate of drug-likeness (QED) is 0.800. The van der Waals surface area contributed by atoms with Crippen LogP contribution in [0.1, 0.15) is 31.8 Å². The van der Waals surface area contributed by atoms with Gasteiger partial charge in [0.05, 0.1) is 0 Å². The Labute approximate surface area is 124 Å². The first-order chi connectivity index (χ1) is 10.1. The van der Waals surface area contributed by atoms with Gasteiger partial charge in [0.25, 0.3) is 5.91 Å². The van der Waals surface area contributed by atoms with Crippen molar-refractivity contribution in [1.29, 1.82) is 0 Å². The van der Waals surface area contributed by atoms with Crippen LogP contribution in [0.5, 0.6) is 0 Å². The molecule has 0 spiro atoms. The zero-order chi connectivity index (χ0) is 15.4. The molecule has 2 aromatic rings. The van der Waals surface area contributed by atoms with E-state index < -0.39 is 0 Å². The summed E-state index contributed by atoms with van der Waals surface area (Å²) in [6, 6.07) is 12.5. The van der Waals surface area contributed by atoms with Crippen molar-refractivity contribution in [2.24, 2.45) is 0 Å². The third-order valence-corrected chi connectivity index (χ3v) is 3.38. The second kappa shape index (κ2) is 6.18. The Morgan fingerprint density at radius 3 is 2.38 bits per heavy atom. The molecule has 0 saturated heterocycles. The van der Waals surface area contributed by atoms with Crippen molar-refractivity contribution in [3.63, 3.8) is 0 Å². The van der Waals surface area contributed by atoms with Gasteiger partial charge in [0.1, 0.15) is 6.29 Å². The van der Waals surface area contributed by atoms with Gasteiger partial charge < -0.3 is 4.90 Å². The lowest BCUT2D eigenvalue weighted by Crippen LogP contribution is -2.26. The van der Waals surface area contributed by atoms with Crippen LogP contribution in [0, 0.1) is 6.92 Å². The standard InChI is InChI=1S/C18H17NO2/c1-4-15-11-13(2)5-10-17(15)18(21)19(3)16-8-6-14(12-20)7-9-16/h4-12H,1H2,2-3H3. The van der Waals surface area contributed by atoms with Crippen molar-refractivity contribution < 1.29 is 9.59 Å². The number of nitrogens with zero attached hydrogens (tertiary/aromatic N) is 1. The number of hydrogen-bond acceptors (Lipinski definition) is 2. The number of anilines is 1. The molecule has 0 bridgehead atoms. The number of aldehydes is 1. The topological polar surface area (TPSA) is 37.4 Å². The Morgan fingerprint density at radius 2 is 1.81 bits per heavy atom. The molecule has 0 radical (unpaired) electrons. The van der Waals surface area contributed by atoms with E-state index in [1.165, 1.54) is 0 Å². The molecule has 3 nitrogen and oxygen atoms in total. The summed E-state index contributed by atoms with van der Waals surface area (Å²) < 4.78 is 0. The number of benzene rings is 2. The van der Waals surface area contributed by atoms with Gasteiger partial charge in [0.15, 0.2) is 0 Å². The molecule has 0 unspecified atom stereocenters. The van der Waals surface area contributed by atoms with Gasteiger partial charge in [-0.3, -0.25) is 9.59 Å². The van der Waals surface area contributed by atoms with E-state index in [4.69, 9.17) is 0 Å². The molecule has 1 amide bonds. The first kappa shape index (κ1) is 14.7. The molecular weight excluding hydrogens is 262 g/mol. The Kier molecular flexibility index (Phi) is 4.33. The maximum atomic E-state index is 12.6. The highest BCUT2D eigenvalue weighted by atomic mass is 16.2. The largest absolute Gasteiger partial charge is 0.311 e. The summed E-state index contributed by atoms with van der Waals surface area (Å²) >= 11 is 0. The van der Waals surface area contributed by atoms with E-state index in [2.05, 4.69) is 6.58 Å². The second-order valence-electron chi connectivity index (χ2n) is 4.87. The lowest BCUT2D eigenvalue weighted by molar-refractivity contribution is 0.0992. The highest BCUT2D eigenvalue weighted by molar-refractivity contribution is 6.08. The SMILES string of the molecule is C=Cc1cc(C)ccc1C(=O)N(C)c1ccc(C=O)cc1. The van der Waals surface area contributed by atoms with Crippen LogP contribution in [0.15, 0.2) is 49.0 Å². The molecule has 3 heteroatoms. The van der Waals surface area contributed by atoms with E-state index in [1.807, 2.05) is 25.1 Å². The Balaban J connectivity index is 2.34. The molecule has 0 aliphatic carbocycles. The van der Waals surface area contributed by atoms with Gasteiger partial charge in [0.2, 0.25) is 0 Å². The van der Waals surface area contributed by atoms with Crippen LogP contribution >= 0.6 is 0 Å². The molecule has 0 aliphatic heterocycles. The van der Waals surface area contributed by atoms with Crippen LogP contribution in [-0.2, 0) is 0 Å². The third kappa shape index (κ3) is 3.08. The summed E-state index contributed by atoms with van der Waals surface area (Å²) in [5.41, 5.74) is 3.83. The zero-order valence-electron chi connectivity index (χ0n) is 12.2. The minimum atomic E-state index is -0.108. The fraction of sp³-hybridized carbons (Fsp3) is 0.111. The minimum absolute atomic E-state index is 0.108. The van der Waals surface area contributed by atoms with Crippen molar-refractivity contribution in [3.05, 3.63) is 71.3 Å². The molecule has 0 saturated carbocycles. The monoisotopic (exact) mass is 279 g/mol. The number of carbonyl (C=O) groups excluding carboxylic acids is 2. The Morgan fingerprint density at radius 1 is 1.14 bits per heavy atom. The van der Waals surface area contributed by atoms with Crippen LogP contribution in [0.2, 0.25) is 0 Å². The second-order valence-corrected chi connectivity index (χ2v) is 4.87. The first-order valence-electron chi connectivity index (χ1n) is 6.63. The van der Waals surface area contributed by atoms with Crippen molar-refractivity contribution in [1.82, 2.24) is 0 Å². The number of carbonyl (C=O) groups is 2. The van der Waals surface area contributed by atoms with Crippen LogP contribution in [-0.4, -0.2) is 19.2 Å². The minimum Gasteiger partial charge on any atom is -0.311 e. The predicted molar refractivity (Wildman–Crippen MR) is 85.8 cm³/mol. The number of aryl methyl sites for hydroxylation is 1. The van der Waals surface area contributed by atoms with Crippen molar-refractivity contribution in [3.8, 4) is 0 Å². The summed E-state index contributed by atoms with van der Waals surface area (Å²) in [6.45, 7) is 5.74. The van der Waals surface area contributed by atoms with Crippen LogP contribution in [0.3, 0.4) is 0 Å². The summed E-state index contributed by atoms with van der Waals surface area (Å²) in [4.78, 5) is 24.8. The lowest BCUT2D eigenvalue weighted by atomic mass is 10.0. The van der Waals surface area contributed by atoms with E-state index in [1.54, 1.807) is 42.3 Å². The summed E-state index contributed by atoms with van der Waals surface area (Å²) in [7, 11) is 1.71. The highest BCUT2D eigenvalue weighted by Crippen LogP contribution is 2.19. The van der Waals surface area contributed by atoms with Gasteiger partial charge in [-0.2, -0.15) is 0 Å². The van der Waals surface area contributed by atoms with Gasteiger partial charge in [-0.05, 0) is 42.8 Å². The highest BCUT2D eigenvalue weighted by Gasteiger charge is 2.16. The van der Waals surface area contributed by atoms with Crippen molar-refractivity contribution >= 4 is 24.0 Å². The van der Waals surface area contributed by atoms with E-state index in [9.17, 15) is 9.59 Å². The summed E-state index contributed by atoms with van der Waals surface area (Å²) in [5, 5.41) is 0. The molecule has 0 fully saturated rings. The van der Waals surface area contributed by atoms with Crippen LogP contribution in [0.25, 0.3) is 6.08 Å². The van der Waals surface area contributed by atoms with E-state index in [0.29, 0.717) is 11.1 Å². The molecule has 0 aliphatic rings. The number of hydrogen-bond donors (Lipinski definition) is 0. The third-order valence-electron chi connectivity index (χ3n) is 3.38. The van der Waals surface area contributed by atoms with Gasteiger partial charge in [-0.1, -0.05) is 30.4 Å². The first-order valence-corrected chi connectivity index (χ1v) is 6.63. The van der Waals surface area contributed by atoms with E-state index in [-0.39, 0.29) is 5.91 Å². The van der Waals surface area contributed by atoms with Crippen LogP contribution < -0.4 is 4.90 Å². The maximum absolute atomic E-state index is 12.6. The summed E-state index contributed by atoms with van der Waals surface area (Å²) in [6.07, 6.45) is 2.46. The molecular formula is C18H17NO2. The molecule has 106 valence electrons. The van der Waals surface area contributed by atoms with E-state index in [0.717, 1.165) is 23.1 Å². The zero-order valence-corrected chi connectivity index (χ0v) is 12.2. The fourth-order valence-electron chi connectivity index (χ4n) is 2.12. The van der Waals surface area contributed by atoms with Gasteiger partial charge in [0, 0.05) is 23.9 Å². The fourth-order valence-corrected chi connectivity index (χ4v) is 2.12. The molecule has 0 N–H and O–H groups in total. The van der Waals surface area contributed by atoms with E-state index >= 15 is 0 Å². The smallest absolute Gasteiger partial charge is 0.258 e. The average molecular weight is 279 g/mol. The maximum Gasteiger partial charge on any atom is 0.258 e. The molecule has 21 heavy (non-hydrogen) atoms. The lowest BCUT2D eigenvalue weighted by Gasteiger charge is -2.19. The summed E-state index contributed by atoms with van der Waals surface area (Å²) in [5.74, 6) is -0.108. The van der Waals surface area contributed by atoms with Crippen molar-refractivity contribution in [2.75, 3.05) is 11.9 Å². The average Bonchev–Trinajstić information content (AvgIpc) is 2.53. The molecule has 0 atom stereocenters. The molecule has 0 aromatic heterocycles. The van der Waals surface area contributed by atoms with Crippen LogP contribution in [0.4, 0.5) is 5.69 Å². The van der Waals surface area contributed by atoms with Gasteiger partial charge >= 0.3 is 0 Å². The van der Waals surface area contributed by atoms with Gasteiger partial charge in [-0.25, -0.2) is 0 Å². The molecule has 0 heterocycles. The normalized spacial score (nSPS) is 10.0. The molecule has 2 aromatic carbocycles. The van der Waals surface area contributed by atoms with Crippen molar-refractivity contribution in [2.45, 2.75) is 6.92 Å². The Bertz CT molecular complexity index is 687. The molecule has 2 rings (SSSR count).